The van der Waals surface area contributed by atoms with Crippen molar-refractivity contribution >= 4 is 5.97 Å². The Hall–Kier alpha value is -0.830. The Balaban J connectivity index is 3.52. The van der Waals surface area contributed by atoms with Crippen LogP contribution >= 0.6 is 0 Å². The second-order valence-corrected chi connectivity index (χ2v) is 2.99. The summed E-state index contributed by atoms with van der Waals surface area (Å²) in [6.45, 7) is 7.29. The van der Waals surface area contributed by atoms with Gasteiger partial charge in [0.25, 0.3) is 0 Å². The molecule has 70 valence electrons. The van der Waals surface area contributed by atoms with Crippen molar-refractivity contribution in [1.82, 2.24) is 4.90 Å². The summed E-state index contributed by atoms with van der Waals surface area (Å²) in [4.78, 5) is 12.2. The molecule has 1 N–H and O–H groups in total. The summed E-state index contributed by atoms with van der Waals surface area (Å²) < 4.78 is 0. The van der Waals surface area contributed by atoms with Gasteiger partial charge in [-0.3, -0.25) is 4.79 Å². The lowest BCUT2D eigenvalue weighted by atomic mass is 10.2. The first-order chi connectivity index (χ1) is 5.56. The molecule has 0 heterocycles. The lowest BCUT2D eigenvalue weighted by Gasteiger charge is -2.15. The molecule has 12 heavy (non-hydrogen) atoms. The van der Waals surface area contributed by atoms with Crippen molar-refractivity contribution in [2.75, 3.05) is 20.1 Å². The average Bonchev–Trinajstić information content (AvgIpc) is 2.00. The van der Waals surface area contributed by atoms with Crippen molar-refractivity contribution in [2.24, 2.45) is 0 Å². The molecule has 0 aromatic rings. The lowest BCUT2D eigenvalue weighted by Crippen LogP contribution is -2.23. The van der Waals surface area contributed by atoms with E-state index in [-0.39, 0.29) is 6.42 Å². The molecular formula is C9H17NO2. The van der Waals surface area contributed by atoms with Crippen LogP contribution in [0.2, 0.25) is 0 Å². The van der Waals surface area contributed by atoms with Gasteiger partial charge in [-0.25, -0.2) is 0 Å². The van der Waals surface area contributed by atoms with Crippen LogP contribution in [0.4, 0.5) is 0 Å². The molecule has 0 aliphatic rings. The highest BCUT2D eigenvalue weighted by Crippen LogP contribution is 1.99. The van der Waals surface area contributed by atoms with Gasteiger partial charge in [-0.05, 0) is 13.5 Å². The molecule has 0 saturated carbocycles. The topological polar surface area (TPSA) is 40.5 Å². The predicted octanol–water partition coefficient (Wildman–Crippen LogP) is 1.36. The maximum Gasteiger partial charge on any atom is 0.304 e. The van der Waals surface area contributed by atoms with Crippen LogP contribution in [0.15, 0.2) is 12.2 Å². The largest absolute Gasteiger partial charge is 0.481 e. The standard InChI is InChI=1S/C9H17NO2/c1-4-8(2)7-10(3)6-5-9(11)12/h2,4-7H2,1,3H3,(H,11,12). The second kappa shape index (κ2) is 5.77. The number of carboxylic acid groups (broad SMARTS) is 1. The Labute approximate surface area is 73.7 Å². The molecule has 0 aliphatic carbocycles. The highest BCUT2D eigenvalue weighted by atomic mass is 16.4. The fourth-order valence-corrected chi connectivity index (χ4v) is 0.859. The zero-order valence-corrected chi connectivity index (χ0v) is 7.84. The number of carbonyl (C=O) groups is 1. The Bertz CT molecular complexity index is 166. The summed E-state index contributed by atoms with van der Waals surface area (Å²) in [5.74, 6) is -0.746. The number of hydrogen-bond acceptors (Lipinski definition) is 2. The molecule has 0 aromatic carbocycles. The third kappa shape index (κ3) is 5.92. The van der Waals surface area contributed by atoms with Gasteiger partial charge in [-0.1, -0.05) is 19.1 Å². The molecule has 0 amide bonds. The van der Waals surface area contributed by atoms with Crippen LogP contribution in [0, 0.1) is 0 Å². The molecule has 0 unspecified atom stereocenters. The van der Waals surface area contributed by atoms with Gasteiger partial charge in [-0.2, -0.15) is 0 Å². The minimum atomic E-state index is -0.746. The zero-order valence-electron chi connectivity index (χ0n) is 7.84. The molecule has 3 heteroatoms. The van der Waals surface area contributed by atoms with Crippen LogP contribution in [0.25, 0.3) is 0 Å². The number of likely N-dealkylation sites (N-methyl/N-ethyl adjacent to an activating group) is 1. The Kier molecular flexibility index (Phi) is 5.37. The number of rotatable bonds is 6. The van der Waals surface area contributed by atoms with E-state index >= 15 is 0 Å². The SMILES string of the molecule is C=C(CC)CN(C)CCC(=O)O. The minimum absolute atomic E-state index is 0.202. The number of nitrogens with zero attached hydrogens (tertiary/aromatic N) is 1. The van der Waals surface area contributed by atoms with E-state index in [0.717, 1.165) is 18.5 Å². The van der Waals surface area contributed by atoms with Crippen molar-refractivity contribution in [3.63, 3.8) is 0 Å². The highest BCUT2D eigenvalue weighted by molar-refractivity contribution is 5.66. The molecule has 0 saturated heterocycles. The summed E-state index contributed by atoms with van der Waals surface area (Å²) in [5, 5.41) is 8.40. The van der Waals surface area contributed by atoms with Crippen LogP contribution in [-0.2, 0) is 4.79 Å². The van der Waals surface area contributed by atoms with Gasteiger partial charge in [-0.15, -0.1) is 0 Å². The van der Waals surface area contributed by atoms with Crippen LogP contribution < -0.4 is 0 Å². The summed E-state index contributed by atoms with van der Waals surface area (Å²) in [5.41, 5.74) is 1.14. The second-order valence-electron chi connectivity index (χ2n) is 2.99. The Morgan fingerprint density at radius 1 is 1.58 bits per heavy atom. The zero-order chi connectivity index (χ0) is 9.56. The van der Waals surface area contributed by atoms with Gasteiger partial charge in [0.1, 0.15) is 0 Å². The Morgan fingerprint density at radius 3 is 2.58 bits per heavy atom. The fourth-order valence-electron chi connectivity index (χ4n) is 0.859. The molecule has 0 spiro atoms. The Morgan fingerprint density at radius 2 is 2.17 bits per heavy atom. The van der Waals surface area contributed by atoms with E-state index < -0.39 is 5.97 Å². The van der Waals surface area contributed by atoms with Crippen molar-refractivity contribution in [3.05, 3.63) is 12.2 Å². The van der Waals surface area contributed by atoms with E-state index in [9.17, 15) is 4.79 Å². The summed E-state index contributed by atoms with van der Waals surface area (Å²) in [7, 11) is 1.91. The first-order valence-electron chi connectivity index (χ1n) is 4.13. The molecule has 0 bridgehead atoms. The van der Waals surface area contributed by atoms with Crippen LogP contribution in [0.1, 0.15) is 19.8 Å². The monoisotopic (exact) mass is 171 g/mol. The number of carboxylic acids is 1. The van der Waals surface area contributed by atoms with E-state index in [1.807, 2.05) is 18.9 Å². The molecule has 0 rings (SSSR count). The third-order valence-electron chi connectivity index (χ3n) is 1.70. The van der Waals surface area contributed by atoms with Crippen molar-refractivity contribution < 1.29 is 9.90 Å². The maximum absolute atomic E-state index is 10.2. The van der Waals surface area contributed by atoms with Gasteiger partial charge in [0.05, 0.1) is 6.42 Å². The van der Waals surface area contributed by atoms with Gasteiger partial charge >= 0.3 is 5.97 Å². The first-order valence-corrected chi connectivity index (χ1v) is 4.13. The number of hydrogen-bond donors (Lipinski definition) is 1. The summed E-state index contributed by atoms with van der Waals surface area (Å²) in [6, 6.07) is 0. The van der Waals surface area contributed by atoms with E-state index in [4.69, 9.17) is 5.11 Å². The van der Waals surface area contributed by atoms with Crippen LogP contribution in [-0.4, -0.2) is 36.1 Å². The molecule has 0 fully saturated rings. The predicted molar refractivity (Wildman–Crippen MR) is 49.2 cm³/mol. The highest BCUT2D eigenvalue weighted by Gasteiger charge is 2.02. The molecule has 0 radical (unpaired) electrons. The quantitative estimate of drug-likeness (QED) is 0.613. The van der Waals surface area contributed by atoms with Crippen LogP contribution in [0.5, 0.6) is 0 Å². The van der Waals surface area contributed by atoms with Crippen molar-refractivity contribution in [3.8, 4) is 0 Å². The molecule has 0 aliphatic heterocycles. The molecule has 3 nitrogen and oxygen atoms in total. The van der Waals surface area contributed by atoms with Gasteiger partial charge in [0.15, 0.2) is 0 Å². The first kappa shape index (κ1) is 11.2. The average molecular weight is 171 g/mol. The fraction of sp³-hybridized carbons (Fsp3) is 0.667. The van der Waals surface area contributed by atoms with E-state index in [2.05, 4.69) is 6.58 Å². The van der Waals surface area contributed by atoms with Crippen LogP contribution in [0.3, 0.4) is 0 Å². The third-order valence-corrected chi connectivity index (χ3v) is 1.70. The smallest absolute Gasteiger partial charge is 0.304 e. The number of aliphatic carboxylic acids is 1. The molecule has 0 aromatic heterocycles. The van der Waals surface area contributed by atoms with Gasteiger partial charge in [0, 0.05) is 13.1 Å². The summed E-state index contributed by atoms with van der Waals surface area (Å²) >= 11 is 0. The van der Waals surface area contributed by atoms with E-state index in [0.29, 0.717) is 6.54 Å². The maximum atomic E-state index is 10.2. The van der Waals surface area contributed by atoms with Gasteiger partial charge < -0.3 is 10.0 Å². The van der Waals surface area contributed by atoms with E-state index in [1.54, 1.807) is 0 Å². The lowest BCUT2D eigenvalue weighted by molar-refractivity contribution is -0.137. The van der Waals surface area contributed by atoms with Gasteiger partial charge in [0.2, 0.25) is 0 Å². The summed E-state index contributed by atoms with van der Waals surface area (Å²) in [6.07, 6.45) is 1.16. The molecular weight excluding hydrogens is 154 g/mol. The minimum Gasteiger partial charge on any atom is -0.481 e. The normalized spacial score (nSPS) is 10.2. The van der Waals surface area contributed by atoms with Crippen molar-refractivity contribution in [2.45, 2.75) is 19.8 Å². The van der Waals surface area contributed by atoms with E-state index in [1.165, 1.54) is 0 Å². The molecule has 0 atom stereocenters. The van der Waals surface area contributed by atoms with Crippen molar-refractivity contribution in [1.29, 1.82) is 0 Å².